The molecule has 0 fully saturated rings. The predicted octanol–water partition coefficient (Wildman–Crippen LogP) is 5.69. The van der Waals surface area contributed by atoms with E-state index in [2.05, 4.69) is 36.2 Å². The van der Waals surface area contributed by atoms with E-state index in [-0.39, 0.29) is 6.47 Å². The van der Waals surface area contributed by atoms with Crippen LogP contribution in [-0.4, -0.2) is 16.6 Å². The normalized spacial score (nSPS) is 9.24. The van der Waals surface area contributed by atoms with E-state index in [0.717, 1.165) is 41.3 Å². The van der Waals surface area contributed by atoms with Gasteiger partial charge in [-0.3, -0.25) is 4.79 Å². The SMILES string of the molecule is CC.CCCc1nc(-c2ccccc2)c(-c2ccccc2)o1.O=CO. The molecule has 0 atom stereocenters. The third kappa shape index (κ3) is 5.92. The molecular weight excluding hydrogens is 314 g/mol. The smallest absolute Gasteiger partial charge is 0.290 e. The van der Waals surface area contributed by atoms with Crippen LogP contribution in [0, 0.1) is 0 Å². The van der Waals surface area contributed by atoms with Crippen molar-refractivity contribution in [1.82, 2.24) is 4.98 Å². The Balaban J connectivity index is 0.000000567. The molecule has 0 spiro atoms. The summed E-state index contributed by atoms with van der Waals surface area (Å²) < 4.78 is 5.98. The monoisotopic (exact) mass is 339 g/mol. The van der Waals surface area contributed by atoms with Gasteiger partial charge in [0.05, 0.1) is 0 Å². The fraction of sp³-hybridized carbons (Fsp3) is 0.238. The standard InChI is InChI=1S/C18H17NO.C2H6.CH2O2/c1-2-9-16-19-17(14-10-5-3-6-11-14)18(20-16)15-12-7-4-8-13-15;1-2;2-1-3/h3-8,10-13H,2,9H2,1H3;1-2H3;1H,(H,2,3). The van der Waals surface area contributed by atoms with Crippen LogP contribution in [0.4, 0.5) is 0 Å². The summed E-state index contributed by atoms with van der Waals surface area (Å²) in [5.74, 6) is 1.67. The number of carbonyl (C=O) groups is 1. The van der Waals surface area contributed by atoms with Crippen molar-refractivity contribution in [3.05, 3.63) is 66.6 Å². The first kappa shape index (κ1) is 20.2. The quantitative estimate of drug-likeness (QED) is 0.620. The predicted molar refractivity (Wildman–Crippen MR) is 101 cm³/mol. The van der Waals surface area contributed by atoms with Gasteiger partial charge in [0.2, 0.25) is 0 Å². The summed E-state index contributed by atoms with van der Waals surface area (Å²) in [7, 11) is 0. The molecule has 0 aliphatic heterocycles. The highest BCUT2D eigenvalue weighted by Gasteiger charge is 2.15. The molecule has 0 aliphatic carbocycles. The number of oxazole rings is 1. The fourth-order valence-corrected chi connectivity index (χ4v) is 2.26. The van der Waals surface area contributed by atoms with Crippen molar-refractivity contribution >= 4 is 6.47 Å². The molecule has 0 unspecified atom stereocenters. The average molecular weight is 339 g/mol. The zero-order valence-corrected chi connectivity index (χ0v) is 15.0. The first-order valence-electron chi connectivity index (χ1n) is 8.48. The minimum absolute atomic E-state index is 0.250. The van der Waals surface area contributed by atoms with Gasteiger partial charge in [-0.15, -0.1) is 0 Å². The second-order valence-corrected chi connectivity index (χ2v) is 4.87. The number of aryl methyl sites for hydroxylation is 1. The number of rotatable bonds is 4. The van der Waals surface area contributed by atoms with Gasteiger partial charge in [0.15, 0.2) is 11.7 Å². The number of hydrogen-bond donors (Lipinski definition) is 1. The van der Waals surface area contributed by atoms with Crippen molar-refractivity contribution in [3.8, 4) is 22.6 Å². The Kier molecular flexibility index (Phi) is 9.38. The molecule has 1 aromatic heterocycles. The molecule has 3 rings (SSSR count). The highest BCUT2D eigenvalue weighted by atomic mass is 16.4. The maximum absolute atomic E-state index is 8.36. The molecule has 1 N–H and O–H groups in total. The molecule has 4 heteroatoms. The summed E-state index contributed by atoms with van der Waals surface area (Å²) in [6, 6.07) is 20.4. The van der Waals surface area contributed by atoms with Crippen molar-refractivity contribution in [1.29, 1.82) is 0 Å². The van der Waals surface area contributed by atoms with Crippen LogP contribution in [0.25, 0.3) is 22.6 Å². The maximum Gasteiger partial charge on any atom is 0.290 e. The molecule has 1 heterocycles. The molecule has 0 saturated heterocycles. The van der Waals surface area contributed by atoms with E-state index in [1.807, 2.05) is 50.2 Å². The van der Waals surface area contributed by atoms with Crippen molar-refractivity contribution in [2.24, 2.45) is 0 Å². The first-order valence-corrected chi connectivity index (χ1v) is 8.48. The maximum atomic E-state index is 8.36. The molecule has 132 valence electrons. The summed E-state index contributed by atoms with van der Waals surface area (Å²) in [5, 5.41) is 6.89. The Morgan fingerprint density at radius 3 is 1.92 bits per heavy atom. The summed E-state index contributed by atoms with van der Waals surface area (Å²) in [6.45, 7) is 5.88. The Morgan fingerprint density at radius 1 is 0.960 bits per heavy atom. The summed E-state index contributed by atoms with van der Waals surface area (Å²) >= 11 is 0. The minimum Gasteiger partial charge on any atom is -0.483 e. The van der Waals surface area contributed by atoms with Crippen LogP contribution in [0.3, 0.4) is 0 Å². The number of carboxylic acid groups (broad SMARTS) is 1. The van der Waals surface area contributed by atoms with Crippen LogP contribution in [0.2, 0.25) is 0 Å². The van der Waals surface area contributed by atoms with Crippen molar-refractivity contribution in [2.75, 3.05) is 0 Å². The van der Waals surface area contributed by atoms with Crippen LogP contribution in [0.1, 0.15) is 33.1 Å². The third-order valence-electron chi connectivity index (χ3n) is 3.22. The van der Waals surface area contributed by atoms with E-state index < -0.39 is 0 Å². The molecule has 4 nitrogen and oxygen atoms in total. The van der Waals surface area contributed by atoms with Gasteiger partial charge in [0.25, 0.3) is 6.47 Å². The molecule has 0 saturated carbocycles. The van der Waals surface area contributed by atoms with Crippen molar-refractivity contribution in [3.63, 3.8) is 0 Å². The third-order valence-corrected chi connectivity index (χ3v) is 3.22. The second-order valence-electron chi connectivity index (χ2n) is 4.87. The lowest BCUT2D eigenvalue weighted by Crippen LogP contribution is -1.83. The zero-order chi connectivity index (χ0) is 18.5. The number of benzene rings is 2. The highest BCUT2D eigenvalue weighted by molar-refractivity contribution is 5.76. The molecule has 3 aromatic rings. The largest absolute Gasteiger partial charge is 0.483 e. The molecule has 2 aromatic carbocycles. The van der Waals surface area contributed by atoms with E-state index in [1.165, 1.54) is 0 Å². The van der Waals surface area contributed by atoms with E-state index in [9.17, 15) is 0 Å². The molecule has 0 bridgehead atoms. The Labute approximate surface area is 149 Å². The van der Waals surface area contributed by atoms with E-state index in [0.29, 0.717) is 0 Å². The van der Waals surface area contributed by atoms with Gasteiger partial charge in [-0.2, -0.15) is 0 Å². The van der Waals surface area contributed by atoms with Gasteiger partial charge in [-0.25, -0.2) is 4.98 Å². The van der Waals surface area contributed by atoms with Crippen LogP contribution < -0.4 is 0 Å². The van der Waals surface area contributed by atoms with Crippen LogP contribution >= 0.6 is 0 Å². The summed E-state index contributed by atoms with van der Waals surface area (Å²) in [4.78, 5) is 13.0. The van der Waals surface area contributed by atoms with Crippen molar-refractivity contribution in [2.45, 2.75) is 33.6 Å². The van der Waals surface area contributed by atoms with Gasteiger partial charge < -0.3 is 9.52 Å². The van der Waals surface area contributed by atoms with Crippen LogP contribution in [0.15, 0.2) is 65.1 Å². The molecule has 0 amide bonds. The van der Waals surface area contributed by atoms with Gasteiger partial charge >= 0.3 is 0 Å². The van der Waals surface area contributed by atoms with Crippen LogP contribution in [-0.2, 0) is 11.2 Å². The Morgan fingerprint density at radius 2 is 1.44 bits per heavy atom. The summed E-state index contributed by atoms with van der Waals surface area (Å²) in [6.07, 6.45) is 1.90. The van der Waals surface area contributed by atoms with Gasteiger partial charge in [0.1, 0.15) is 5.69 Å². The Bertz CT molecular complexity index is 664. The molecular formula is C21H25NO3. The lowest BCUT2D eigenvalue weighted by molar-refractivity contribution is -0.122. The lowest BCUT2D eigenvalue weighted by Gasteiger charge is -2.00. The van der Waals surface area contributed by atoms with E-state index in [4.69, 9.17) is 14.3 Å². The second kappa shape index (κ2) is 11.6. The topological polar surface area (TPSA) is 63.3 Å². The van der Waals surface area contributed by atoms with Gasteiger partial charge in [-0.05, 0) is 6.42 Å². The molecule has 0 radical (unpaired) electrons. The highest BCUT2D eigenvalue weighted by Crippen LogP contribution is 2.32. The van der Waals surface area contributed by atoms with Gasteiger partial charge in [0, 0.05) is 17.5 Å². The zero-order valence-electron chi connectivity index (χ0n) is 15.0. The van der Waals surface area contributed by atoms with Gasteiger partial charge in [-0.1, -0.05) is 81.4 Å². The number of nitrogens with zero attached hydrogens (tertiary/aromatic N) is 1. The van der Waals surface area contributed by atoms with E-state index in [1.54, 1.807) is 0 Å². The van der Waals surface area contributed by atoms with Crippen LogP contribution in [0.5, 0.6) is 0 Å². The molecule has 0 aliphatic rings. The molecule has 25 heavy (non-hydrogen) atoms. The first-order chi connectivity index (χ1) is 12.3. The number of aromatic nitrogens is 1. The fourth-order valence-electron chi connectivity index (χ4n) is 2.26. The lowest BCUT2D eigenvalue weighted by atomic mass is 10.1. The number of hydrogen-bond acceptors (Lipinski definition) is 3. The average Bonchev–Trinajstić information content (AvgIpc) is 3.10. The Hall–Kier alpha value is -2.88. The van der Waals surface area contributed by atoms with E-state index >= 15 is 0 Å². The summed E-state index contributed by atoms with van der Waals surface area (Å²) in [5.41, 5.74) is 3.10. The van der Waals surface area contributed by atoms with Crippen molar-refractivity contribution < 1.29 is 14.3 Å². The minimum atomic E-state index is -0.250.